The van der Waals surface area contributed by atoms with Gasteiger partial charge in [-0.2, -0.15) is 0 Å². The van der Waals surface area contributed by atoms with Gasteiger partial charge in [0.15, 0.2) is 0 Å². The van der Waals surface area contributed by atoms with Crippen molar-refractivity contribution in [1.29, 1.82) is 0 Å². The van der Waals surface area contributed by atoms with Gasteiger partial charge in [0, 0.05) is 12.2 Å². The Kier molecular flexibility index (Phi) is 5.84. The fraction of sp³-hybridized carbons (Fsp3) is 0.583. The van der Waals surface area contributed by atoms with Crippen molar-refractivity contribution in [3.05, 3.63) is 24.4 Å². The Bertz CT molecular complexity index is 320. The molecule has 5 heteroatoms. The van der Waals surface area contributed by atoms with E-state index in [1.54, 1.807) is 11.0 Å². The molecular weight excluding hydrogens is 280 g/mol. The highest BCUT2D eigenvalue weighted by Gasteiger charge is 2.36. The summed E-state index contributed by atoms with van der Waals surface area (Å²) in [5.74, 6) is -0.475. The Hall–Kier alpha value is -0.180. The summed E-state index contributed by atoms with van der Waals surface area (Å²) in [6, 6.07) is 0. The number of halogens is 3. The van der Waals surface area contributed by atoms with E-state index in [-0.39, 0.29) is 0 Å². The molecule has 0 unspecified atom stereocenters. The standard InChI is InChI=1S/C12H16Cl3NO/c1-2-3-9-16(11(17)12(13,14)15)10-7-5-4-6-8-10/h2,7H,1,3-6,8-9H2. The second-order valence-electron chi connectivity index (χ2n) is 3.97. The summed E-state index contributed by atoms with van der Waals surface area (Å²) in [5, 5.41) is 0. The number of carbonyl (C=O) groups excluding carboxylic acids is 1. The molecule has 0 N–H and O–H groups in total. The van der Waals surface area contributed by atoms with Gasteiger partial charge in [-0.1, -0.05) is 47.0 Å². The molecule has 0 aromatic carbocycles. The van der Waals surface area contributed by atoms with Gasteiger partial charge in [-0.25, -0.2) is 0 Å². The van der Waals surface area contributed by atoms with Crippen LogP contribution in [0.4, 0.5) is 0 Å². The number of alkyl halides is 3. The van der Waals surface area contributed by atoms with Crippen LogP contribution in [0, 0.1) is 0 Å². The molecule has 0 fully saturated rings. The van der Waals surface area contributed by atoms with Crippen molar-refractivity contribution in [1.82, 2.24) is 4.90 Å². The van der Waals surface area contributed by atoms with Crippen molar-refractivity contribution < 1.29 is 4.79 Å². The van der Waals surface area contributed by atoms with Crippen molar-refractivity contribution in [3.8, 4) is 0 Å². The molecule has 0 heterocycles. The van der Waals surface area contributed by atoms with E-state index in [9.17, 15) is 4.79 Å². The lowest BCUT2D eigenvalue weighted by Crippen LogP contribution is -2.39. The molecule has 0 saturated carbocycles. The van der Waals surface area contributed by atoms with Crippen molar-refractivity contribution >= 4 is 40.7 Å². The molecule has 17 heavy (non-hydrogen) atoms. The Morgan fingerprint density at radius 2 is 2.18 bits per heavy atom. The minimum Gasteiger partial charge on any atom is -0.312 e. The summed E-state index contributed by atoms with van der Waals surface area (Å²) in [7, 11) is 0. The first-order valence-corrected chi connectivity index (χ1v) is 6.79. The van der Waals surface area contributed by atoms with Gasteiger partial charge in [0.1, 0.15) is 0 Å². The van der Waals surface area contributed by atoms with Gasteiger partial charge >= 0.3 is 0 Å². The highest BCUT2D eigenvalue weighted by molar-refractivity contribution is 6.76. The van der Waals surface area contributed by atoms with Crippen molar-refractivity contribution in [3.63, 3.8) is 0 Å². The van der Waals surface area contributed by atoms with Crippen LogP contribution in [0.1, 0.15) is 32.1 Å². The number of allylic oxidation sites excluding steroid dienone is 2. The topological polar surface area (TPSA) is 20.3 Å². The lowest BCUT2D eigenvalue weighted by Gasteiger charge is -2.29. The van der Waals surface area contributed by atoms with Crippen LogP contribution in [0.25, 0.3) is 0 Å². The van der Waals surface area contributed by atoms with E-state index in [1.807, 2.05) is 0 Å². The SMILES string of the molecule is C=CCCN(C(=O)C(Cl)(Cl)Cl)C1=CCCCC1. The predicted octanol–water partition coefficient (Wildman–Crippen LogP) is 4.22. The number of hydrogen-bond acceptors (Lipinski definition) is 1. The predicted molar refractivity (Wildman–Crippen MR) is 73.4 cm³/mol. The Morgan fingerprint density at radius 3 is 2.65 bits per heavy atom. The van der Waals surface area contributed by atoms with Gasteiger partial charge in [-0.3, -0.25) is 4.79 Å². The minimum atomic E-state index is -1.89. The van der Waals surface area contributed by atoms with Crippen LogP contribution >= 0.6 is 34.8 Å². The van der Waals surface area contributed by atoms with Gasteiger partial charge < -0.3 is 4.90 Å². The zero-order valence-corrected chi connectivity index (χ0v) is 11.9. The van der Waals surface area contributed by atoms with E-state index >= 15 is 0 Å². The molecule has 0 radical (unpaired) electrons. The van der Waals surface area contributed by atoms with E-state index in [1.165, 1.54) is 0 Å². The largest absolute Gasteiger partial charge is 0.312 e. The summed E-state index contributed by atoms with van der Waals surface area (Å²) in [6.07, 6.45) is 8.56. The number of nitrogens with zero attached hydrogens (tertiary/aromatic N) is 1. The molecule has 2 nitrogen and oxygen atoms in total. The maximum atomic E-state index is 12.0. The highest BCUT2D eigenvalue weighted by Crippen LogP contribution is 2.32. The molecule has 0 saturated heterocycles. The molecule has 0 atom stereocenters. The monoisotopic (exact) mass is 295 g/mol. The molecule has 1 aliphatic carbocycles. The van der Waals surface area contributed by atoms with Crippen LogP contribution in [0.5, 0.6) is 0 Å². The van der Waals surface area contributed by atoms with E-state index in [0.717, 1.165) is 31.4 Å². The van der Waals surface area contributed by atoms with Crippen molar-refractivity contribution in [2.24, 2.45) is 0 Å². The Morgan fingerprint density at radius 1 is 1.47 bits per heavy atom. The van der Waals surface area contributed by atoms with Gasteiger partial charge in [0.05, 0.1) is 0 Å². The smallest absolute Gasteiger partial charge is 0.278 e. The third-order valence-electron chi connectivity index (χ3n) is 2.66. The lowest BCUT2D eigenvalue weighted by molar-refractivity contribution is -0.128. The van der Waals surface area contributed by atoms with Crippen LogP contribution in [0.3, 0.4) is 0 Å². The fourth-order valence-electron chi connectivity index (χ4n) is 1.82. The lowest BCUT2D eigenvalue weighted by atomic mass is 10.0. The van der Waals surface area contributed by atoms with Gasteiger partial charge in [0.25, 0.3) is 9.70 Å². The summed E-state index contributed by atoms with van der Waals surface area (Å²) in [5.41, 5.74) is 0.967. The Balaban J connectivity index is 2.82. The van der Waals surface area contributed by atoms with Crippen molar-refractivity contribution in [2.45, 2.75) is 35.9 Å². The fourth-order valence-corrected chi connectivity index (χ4v) is 2.12. The maximum Gasteiger partial charge on any atom is 0.278 e. The van der Waals surface area contributed by atoms with Crippen LogP contribution < -0.4 is 0 Å². The summed E-state index contributed by atoms with van der Waals surface area (Å²) in [6.45, 7) is 4.16. The van der Waals surface area contributed by atoms with Gasteiger partial charge in [-0.05, 0) is 32.1 Å². The van der Waals surface area contributed by atoms with E-state index in [0.29, 0.717) is 13.0 Å². The first kappa shape index (κ1) is 14.9. The first-order valence-electron chi connectivity index (χ1n) is 5.65. The maximum absolute atomic E-state index is 12.0. The van der Waals surface area contributed by atoms with Gasteiger partial charge in [0.2, 0.25) is 0 Å². The normalized spacial score (nSPS) is 16.3. The molecule has 0 spiro atoms. The quantitative estimate of drug-likeness (QED) is 0.562. The summed E-state index contributed by atoms with van der Waals surface area (Å²) < 4.78 is -1.89. The third-order valence-corrected chi connectivity index (χ3v) is 3.14. The second-order valence-corrected chi connectivity index (χ2v) is 6.25. The number of amides is 1. The number of carbonyl (C=O) groups is 1. The van der Waals surface area contributed by atoms with E-state index < -0.39 is 9.70 Å². The molecule has 0 aromatic rings. The molecule has 0 bridgehead atoms. The molecule has 0 aromatic heterocycles. The highest BCUT2D eigenvalue weighted by atomic mass is 35.6. The second kappa shape index (κ2) is 6.67. The summed E-state index contributed by atoms with van der Waals surface area (Å²) in [4.78, 5) is 13.6. The zero-order chi connectivity index (χ0) is 12.9. The van der Waals surface area contributed by atoms with Crippen LogP contribution in [-0.4, -0.2) is 21.1 Å². The molecule has 0 aliphatic heterocycles. The zero-order valence-electron chi connectivity index (χ0n) is 9.59. The molecule has 96 valence electrons. The van der Waals surface area contributed by atoms with Crippen LogP contribution in [-0.2, 0) is 4.79 Å². The van der Waals surface area contributed by atoms with Gasteiger partial charge in [-0.15, -0.1) is 6.58 Å². The first-order chi connectivity index (χ1) is 7.96. The molecule has 1 aliphatic rings. The van der Waals surface area contributed by atoms with E-state index in [4.69, 9.17) is 34.8 Å². The molecule has 1 rings (SSSR count). The Labute approximate surface area is 117 Å². The van der Waals surface area contributed by atoms with E-state index in [2.05, 4.69) is 12.7 Å². The number of rotatable bonds is 4. The van der Waals surface area contributed by atoms with Crippen molar-refractivity contribution in [2.75, 3.05) is 6.54 Å². The number of hydrogen-bond donors (Lipinski definition) is 0. The van der Waals surface area contributed by atoms with Crippen LogP contribution in [0.15, 0.2) is 24.4 Å². The summed E-state index contributed by atoms with van der Waals surface area (Å²) >= 11 is 17.0. The minimum absolute atomic E-state index is 0.475. The third kappa shape index (κ3) is 4.53. The average molecular weight is 297 g/mol. The molecular formula is C12H16Cl3NO. The van der Waals surface area contributed by atoms with Crippen LogP contribution in [0.2, 0.25) is 0 Å². The average Bonchev–Trinajstić information content (AvgIpc) is 2.29. The molecule has 1 amide bonds.